The van der Waals surface area contributed by atoms with Gasteiger partial charge in [0, 0.05) is 36.7 Å². The number of rotatable bonds is 7. The zero-order chi connectivity index (χ0) is 20.2. The van der Waals surface area contributed by atoms with Crippen LogP contribution in [0.1, 0.15) is 30.9 Å². The van der Waals surface area contributed by atoms with Crippen molar-refractivity contribution in [2.75, 3.05) is 39.4 Å². The molecule has 2 aromatic rings. The number of morpholine rings is 1. The van der Waals surface area contributed by atoms with Crippen molar-refractivity contribution in [1.82, 2.24) is 10.2 Å². The van der Waals surface area contributed by atoms with E-state index in [1.807, 2.05) is 12.1 Å². The van der Waals surface area contributed by atoms with Gasteiger partial charge in [-0.2, -0.15) is 0 Å². The van der Waals surface area contributed by atoms with E-state index >= 15 is 0 Å². The summed E-state index contributed by atoms with van der Waals surface area (Å²) in [6.45, 7) is 6.76. The molecule has 7 nitrogen and oxygen atoms in total. The Bertz CT molecular complexity index is 933. The van der Waals surface area contributed by atoms with Gasteiger partial charge in [0.15, 0.2) is 6.10 Å². The Balaban J connectivity index is 1.31. The maximum atomic E-state index is 12.3. The minimum atomic E-state index is -0.628. The molecule has 2 aliphatic rings. The van der Waals surface area contributed by atoms with Crippen molar-refractivity contribution in [3.8, 4) is 5.75 Å². The number of hydrogen-bond acceptors (Lipinski definition) is 6. The number of nitrogens with one attached hydrogen (secondary N) is 1. The van der Waals surface area contributed by atoms with Crippen LogP contribution in [0.5, 0.6) is 5.75 Å². The van der Waals surface area contributed by atoms with Gasteiger partial charge in [0.05, 0.1) is 13.2 Å². The number of ether oxygens (including phenoxy) is 2. The SMILES string of the molecule is CC(Oc1ccc2c3c(c(=O)oc2c1)CCC3)C(=O)NCCCN1CCOCC1. The van der Waals surface area contributed by atoms with Crippen LogP contribution in [-0.2, 0) is 22.4 Å². The highest BCUT2D eigenvalue weighted by Crippen LogP contribution is 2.29. The third-order valence-electron chi connectivity index (χ3n) is 5.68. The second-order valence-corrected chi connectivity index (χ2v) is 7.72. The van der Waals surface area contributed by atoms with E-state index in [1.54, 1.807) is 13.0 Å². The summed E-state index contributed by atoms with van der Waals surface area (Å²) in [6.07, 6.45) is 2.94. The molecule has 1 aliphatic carbocycles. The molecule has 1 fully saturated rings. The first-order valence-electron chi connectivity index (χ1n) is 10.4. The van der Waals surface area contributed by atoms with Crippen LogP contribution in [0.15, 0.2) is 27.4 Å². The molecule has 1 saturated heterocycles. The number of carbonyl (C=O) groups excluding carboxylic acids is 1. The van der Waals surface area contributed by atoms with Crippen molar-refractivity contribution < 1.29 is 18.7 Å². The predicted octanol–water partition coefficient (Wildman–Crippen LogP) is 1.89. The maximum Gasteiger partial charge on any atom is 0.339 e. The lowest BCUT2D eigenvalue weighted by Gasteiger charge is -2.26. The quantitative estimate of drug-likeness (QED) is 0.565. The molecule has 0 spiro atoms. The molecular weight excluding hydrogens is 372 g/mol. The molecule has 0 radical (unpaired) electrons. The van der Waals surface area contributed by atoms with E-state index in [2.05, 4.69) is 10.2 Å². The molecule has 29 heavy (non-hydrogen) atoms. The summed E-state index contributed by atoms with van der Waals surface area (Å²) in [5.41, 5.74) is 2.16. The number of amides is 1. The van der Waals surface area contributed by atoms with Crippen LogP contribution in [0.3, 0.4) is 0 Å². The van der Waals surface area contributed by atoms with Crippen molar-refractivity contribution in [3.05, 3.63) is 39.7 Å². The summed E-state index contributed by atoms with van der Waals surface area (Å²) < 4.78 is 16.6. The minimum Gasteiger partial charge on any atom is -0.481 e. The predicted molar refractivity (Wildman–Crippen MR) is 109 cm³/mol. The minimum absolute atomic E-state index is 0.150. The van der Waals surface area contributed by atoms with E-state index in [4.69, 9.17) is 13.9 Å². The third-order valence-corrected chi connectivity index (χ3v) is 5.68. The number of carbonyl (C=O) groups is 1. The summed E-state index contributed by atoms with van der Waals surface area (Å²) in [6, 6.07) is 5.46. The molecule has 1 aliphatic heterocycles. The fourth-order valence-corrected chi connectivity index (χ4v) is 4.08. The van der Waals surface area contributed by atoms with Crippen LogP contribution < -0.4 is 15.7 Å². The smallest absolute Gasteiger partial charge is 0.339 e. The first kappa shape index (κ1) is 19.9. The lowest BCUT2D eigenvalue weighted by atomic mass is 10.1. The second-order valence-electron chi connectivity index (χ2n) is 7.72. The van der Waals surface area contributed by atoms with Crippen LogP contribution in [0.25, 0.3) is 11.0 Å². The lowest BCUT2D eigenvalue weighted by molar-refractivity contribution is -0.127. The first-order chi connectivity index (χ1) is 14.1. The van der Waals surface area contributed by atoms with Gasteiger partial charge in [-0.1, -0.05) is 0 Å². The van der Waals surface area contributed by atoms with Crippen LogP contribution in [0.4, 0.5) is 0 Å². The molecule has 1 unspecified atom stereocenters. The van der Waals surface area contributed by atoms with Crippen molar-refractivity contribution in [1.29, 1.82) is 0 Å². The fourth-order valence-electron chi connectivity index (χ4n) is 4.08. The van der Waals surface area contributed by atoms with Gasteiger partial charge in [-0.3, -0.25) is 9.69 Å². The van der Waals surface area contributed by atoms with E-state index in [0.717, 1.165) is 75.0 Å². The number of fused-ring (bicyclic) bond motifs is 3. The number of nitrogens with zero attached hydrogens (tertiary/aromatic N) is 1. The normalized spacial score (nSPS) is 17.8. The Morgan fingerprint density at radius 2 is 2.03 bits per heavy atom. The zero-order valence-corrected chi connectivity index (χ0v) is 16.9. The summed E-state index contributed by atoms with van der Waals surface area (Å²) in [7, 11) is 0. The molecule has 4 rings (SSSR count). The Kier molecular flexibility index (Phi) is 6.16. The molecule has 156 valence electrons. The molecule has 0 saturated carbocycles. The number of hydrogen-bond donors (Lipinski definition) is 1. The molecule has 1 atom stereocenters. The molecule has 2 heterocycles. The van der Waals surface area contributed by atoms with E-state index < -0.39 is 6.10 Å². The Morgan fingerprint density at radius 3 is 2.86 bits per heavy atom. The van der Waals surface area contributed by atoms with Gasteiger partial charge in [0.2, 0.25) is 0 Å². The highest BCUT2D eigenvalue weighted by molar-refractivity contribution is 5.84. The molecule has 1 amide bonds. The van der Waals surface area contributed by atoms with Crippen molar-refractivity contribution >= 4 is 16.9 Å². The molecule has 1 aromatic carbocycles. The van der Waals surface area contributed by atoms with Gasteiger partial charge in [-0.25, -0.2) is 4.79 Å². The monoisotopic (exact) mass is 400 g/mol. The topological polar surface area (TPSA) is 81.0 Å². The fraction of sp³-hybridized carbons (Fsp3) is 0.545. The van der Waals surface area contributed by atoms with Crippen LogP contribution in [-0.4, -0.2) is 56.3 Å². The Hall–Kier alpha value is -2.38. The highest BCUT2D eigenvalue weighted by Gasteiger charge is 2.20. The van der Waals surface area contributed by atoms with Crippen molar-refractivity contribution in [3.63, 3.8) is 0 Å². The summed E-state index contributed by atoms with van der Waals surface area (Å²) in [4.78, 5) is 26.8. The van der Waals surface area contributed by atoms with E-state index in [-0.39, 0.29) is 11.5 Å². The molecule has 7 heteroatoms. The largest absolute Gasteiger partial charge is 0.481 e. The molecule has 1 N–H and O–H groups in total. The number of aryl methyl sites for hydroxylation is 1. The van der Waals surface area contributed by atoms with Gasteiger partial charge < -0.3 is 19.2 Å². The van der Waals surface area contributed by atoms with Gasteiger partial charge >= 0.3 is 5.63 Å². The Morgan fingerprint density at radius 1 is 1.24 bits per heavy atom. The van der Waals surface area contributed by atoms with Gasteiger partial charge in [0.25, 0.3) is 5.91 Å². The summed E-state index contributed by atoms with van der Waals surface area (Å²) in [5, 5.41) is 3.89. The second kappa shape index (κ2) is 8.97. The molecular formula is C22H28N2O5. The van der Waals surface area contributed by atoms with Crippen LogP contribution in [0, 0.1) is 0 Å². The molecule has 0 bridgehead atoms. The number of benzene rings is 1. The van der Waals surface area contributed by atoms with E-state index in [1.165, 1.54) is 0 Å². The average Bonchev–Trinajstić information content (AvgIpc) is 3.22. The first-order valence-corrected chi connectivity index (χ1v) is 10.4. The van der Waals surface area contributed by atoms with Crippen molar-refractivity contribution in [2.45, 2.75) is 38.7 Å². The van der Waals surface area contributed by atoms with Crippen molar-refractivity contribution in [2.24, 2.45) is 0 Å². The standard InChI is InChI=1S/C22H28N2O5/c1-15(21(25)23-8-3-9-24-10-12-27-13-11-24)28-16-6-7-18-17-4-2-5-19(17)22(26)29-20(18)14-16/h6-7,14-15H,2-5,8-13H2,1H3,(H,23,25). The summed E-state index contributed by atoms with van der Waals surface area (Å²) in [5.74, 6) is 0.372. The summed E-state index contributed by atoms with van der Waals surface area (Å²) >= 11 is 0. The molecule has 1 aromatic heterocycles. The van der Waals surface area contributed by atoms with E-state index in [0.29, 0.717) is 17.9 Å². The average molecular weight is 400 g/mol. The zero-order valence-electron chi connectivity index (χ0n) is 16.9. The third kappa shape index (κ3) is 4.62. The van der Waals surface area contributed by atoms with Crippen LogP contribution >= 0.6 is 0 Å². The Labute approximate surface area is 170 Å². The van der Waals surface area contributed by atoms with Gasteiger partial charge in [0.1, 0.15) is 11.3 Å². The highest BCUT2D eigenvalue weighted by atomic mass is 16.5. The van der Waals surface area contributed by atoms with Gasteiger partial charge in [-0.05, 0) is 56.8 Å². The van der Waals surface area contributed by atoms with Gasteiger partial charge in [-0.15, -0.1) is 0 Å². The maximum absolute atomic E-state index is 12.3. The van der Waals surface area contributed by atoms with Crippen LogP contribution in [0.2, 0.25) is 0 Å². The van der Waals surface area contributed by atoms with E-state index in [9.17, 15) is 9.59 Å². The lowest BCUT2D eigenvalue weighted by Crippen LogP contribution is -2.40.